The lowest BCUT2D eigenvalue weighted by Crippen LogP contribution is -2.27. The Morgan fingerprint density at radius 1 is 1.05 bits per heavy atom. The summed E-state index contributed by atoms with van der Waals surface area (Å²) >= 11 is 6.00. The van der Waals surface area contributed by atoms with Crippen LogP contribution in [0.2, 0.25) is 5.02 Å². The Bertz CT molecular complexity index is 315. The first-order chi connectivity index (χ1) is 9.24. The van der Waals surface area contributed by atoms with Crippen LogP contribution in [0.4, 0.5) is 5.69 Å². The van der Waals surface area contributed by atoms with Crippen LogP contribution in [-0.4, -0.2) is 19.3 Å². The molecule has 0 unspecified atom stereocenters. The van der Waals surface area contributed by atoms with E-state index in [4.69, 9.17) is 16.3 Å². The van der Waals surface area contributed by atoms with Crippen molar-refractivity contribution in [2.24, 2.45) is 0 Å². The van der Waals surface area contributed by atoms with Crippen LogP contribution in [0, 0.1) is 6.92 Å². The number of hydrogen-bond acceptors (Lipinski definition) is 2. The quantitative estimate of drug-likeness (QED) is 0.797. The number of anilines is 1. The van der Waals surface area contributed by atoms with Crippen LogP contribution in [0.3, 0.4) is 0 Å². The van der Waals surface area contributed by atoms with Crippen LogP contribution in [0.15, 0.2) is 18.2 Å². The lowest BCUT2D eigenvalue weighted by atomic mass is 10.1. The first-order valence-electron chi connectivity index (χ1n) is 7.35. The molecule has 0 spiro atoms. The van der Waals surface area contributed by atoms with Crippen molar-refractivity contribution in [2.75, 3.05) is 18.5 Å². The second kappa shape index (κ2) is 11.1. The van der Waals surface area contributed by atoms with E-state index in [1.165, 1.54) is 5.56 Å². The van der Waals surface area contributed by atoms with E-state index in [2.05, 4.69) is 18.3 Å². The van der Waals surface area contributed by atoms with Gasteiger partial charge in [0.1, 0.15) is 0 Å². The summed E-state index contributed by atoms with van der Waals surface area (Å²) in [5.41, 5.74) is 2.31. The number of nitrogens with one attached hydrogen (secondary N) is 1. The van der Waals surface area contributed by atoms with Gasteiger partial charge in [0.15, 0.2) is 0 Å². The smallest absolute Gasteiger partial charge is 0.0485 e. The fourth-order valence-electron chi connectivity index (χ4n) is 1.90. The Kier molecular flexibility index (Phi) is 10.7. The maximum Gasteiger partial charge on any atom is 0.0485 e. The number of hydrogen-bond donors (Lipinski definition) is 1. The molecule has 0 aliphatic carbocycles. The minimum absolute atomic E-state index is 0.525. The molecule has 1 aliphatic heterocycles. The van der Waals surface area contributed by atoms with Crippen molar-refractivity contribution >= 4 is 17.3 Å². The van der Waals surface area contributed by atoms with Gasteiger partial charge < -0.3 is 10.1 Å². The topological polar surface area (TPSA) is 21.3 Å². The molecule has 1 N–H and O–H groups in total. The Morgan fingerprint density at radius 3 is 2.16 bits per heavy atom. The number of aryl methyl sites for hydroxylation is 1. The molecule has 1 aromatic rings. The summed E-state index contributed by atoms with van der Waals surface area (Å²) in [6, 6.07) is 6.60. The molecular formula is C16H28ClNO. The van der Waals surface area contributed by atoms with Gasteiger partial charge in [-0.2, -0.15) is 0 Å². The van der Waals surface area contributed by atoms with Gasteiger partial charge in [-0.1, -0.05) is 39.3 Å². The SMILES string of the molecule is CC.CC.Cc1cc(Cl)cc(NC2CCOCC2)c1. The lowest BCUT2D eigenvalue weighted by molar-refractivity contribution is 0.0904. The Labute approximate surface area is 123 Å². The number of rotatable bonds is 2. The van der Waals surface area contributed by atoms with Crippen LogP contribution < -0.4 is 5.32 Å². The van der Waals surface area contributed by atoms with E-state index in [0.717, 1.165) is 36.8 Å². The highest BCUT2D eigenvalue weighted by Crippen LogP contribution is 2.21. The van der Waals surface area contributed by atoms with Crippen molar-refractivity contribution < 1.29 is 4.74 Å². The molecule has 2 rings (SSSR count). The molecule has 0 amide bonds. The van der Waals surface area contributed by atoms with Crippen molar-refractivity contribution in [2.45, 2.75) is 53.5 Å². The van der Waals surface area contributed by atoms with E-state index in [0.29, 0.717) is 6.04 Å². The molecule has 0 atom stereocenters. The van der Waals surface area contributed by atoms with Crippen LogP contribution in [0.1, 0.15) is 46.1 Å². The molecule has 19 heavy (non-hydrogen) atoms. The Hall–Kier alpha value is -0.730. The second-order valence-corrected chi connectivity index (χ2v) is 4.48. The summed E-state index contributed by atoms with van der Waals surface area (Å²) in [6.07, 6.45) is 2.15. The van der Waals surface area contributed by atoms with Gasteiger partial charge in [-0.05, 0) is 43.5 Å². The summed E-state index contributed by atoms with van der Waals surface area (Å²) in [5.74, 6) is 0. The zero-order valence-corrected chi connectivity index (χ0v) is 13.7. The fourth-order valence-corrected chi connectivity index (χ4v) is 2.19. The normalized spacial score (nSPS) is 14.6. The monoisotopic (exact) mass is 285 g/mol. The zero-order chi connectivity index (χ0) is 14.7. The maximum atomic E-state index is 6.00. The lowest BCUT2D eigenvalue weighted by Gasteiger charge is -2.24. The average Bonchev–Trinajstić information content (AvgIpc) is 2.43. The Morgan fingerprint density at radius 2 is 1.63 bits per heavy atom. The molecule has 1 aliphatic rings. The van der Waals surface area contributed by atoms with E-state index in [9.17, 15) is 0 Å². The van der Waals surface area contributed by atoms with Gasteiger partial charge in [-0.3, -0.25) is 0 Å². The molecule has 1 heterocycles. The van der Waals surface area contributed by atoms with Crippen molar-refractivity contribution in [3.63, 3.8) is 0 Å². The maximum absolute atomic E-state index is 6.00. The molecule has 0 bridgehead atoms. The Balaban J connectivity index is 0.000000741. The predicted molar refractivity (Wildman–Crippen MR) is 86.3 cm³/mol. The van der Waals surface area contributed by atoms with Crippen LogP contribution in [-0.2, 0) is 4.74 Å². The third-order valence-electron chi connectivity index (χ3n) is 2.63. The first kappa shape index (κ1) is 18.3. The summed E-state index contributed by atoms with van der Waals surface area (Å²) in [4.78, 5) is 0. The van der Waals surface area contributed by atoms with E-state index in [1.54, 1.807) is 0 Å². The molecule has 2 nitrogen and oxygen atoms in total. The predicted octanol–water partition coefficient (Wildman–Crippen LogP) is 5.29. The molecule has 0 radical (unpaired) electrons. The first-order valence-corrected chi connectivity index (χ1v) is 7.73. The van der Waals surface area contributed by atoms with Crippen LogP contribution in [0.25, 0.3) is 0 Å². The molecule has 0 saturated carbocycles. The summed E-state index contributed by atoms with van der Waals surface area (Å²) in [7, 11) is 0. The highest BCUT2D eigenvalue weighted by Gasteiger charge is 2.13. The largest absolute Gasteiger partial charge is 0.382 e. The molecule has 110 valence electrons. The van der Waals surface area contributed by atoms with E-state index in [1.807, 2.05) is 39.8 Å². The zero-order valence-electron chi connectivity index (χ0n) is 12.9. The highest BCUT2D eigenvalue weighted by atomic mass is 35.5. The second-order valence-electron chi connectivity index (χ2n) is 4.05. The van der Waals surface area contributed by atoms with E-state index in [-0.39, 0.29) is 0 Å². The van der Waals surface area contributed by atoms with Gasteiger partial charge in [-0.25, -0.2) is 0 Å². The van der Waals surface area contributed by atoms with Gasteiger partial charge in [0.05, 0.1) is 0 Å². The van der Waals surface area contributed by atoms with Crippen LogP contribution in [0.5, 0.6) is 0 Å². The summed E-state index contributed by atoms with van der Waals surface area (Å²) in [6.45, 7) is 11.8. The summed E-state index contributed by atoms with van der Waals surface area (Å²) in [5, 5.41) is 4.29. The third-order valence-corrected chi connectivity index (χ3v) is 2.85. The van der Waals surface area contributed by atoms with Crippen molar-refractivity contribution in [3.05, 3.63) is 28.8 Å². The van der Waals surface area contributed by atoms with Gasteiger partial charge in [0, 0.05) is 30.0 Å². The fraction of sp³-hybridized carbons (Fsp3) is 0.625. The van der Waals surface area contributed by atoms with Gasteiger partial charge in [0.25, 0.3) is 0 Å². The molecular weight excluding hydrogens is 258 g/mol. The van der Waals surface area contributed by atoms with E-state index >= 15 is 0 Å². The minimum atomic E-state index is 0.525. The third kappa shape index (κ3) is 7.44. The molecule has 0 aromatic heterocycles. The van der Waals surface area contributed by atoms with Gasteiger partial charge in [-0.15, -0.1) is 0 Å². The molecule has 3 heteroatoms. The van der Waals surface area contributed by atoms with E-state index < -0.39 is 0 Å². The summed E-state index contributed by atoms with van der Waals surface area (Å²) < 4.78 is 5.32. The van der Waals surface area contributed by atoms with Crippen LogP contribution >= 0.6 is 11.6 Å². The van der Waals surface area contributed by atoms with Crippen molar-refractivity contribution in [1.82, 2.24) is 0 Å². The minimum Gasteiger partial charge on any atom is -0.382 e. The van der Waals surface area contributed by atoms with Crippen molar-refractivity contribution in [1.29, 1.82) is 0 Å². The molecule has 1 aromatic carbocycles. The number of benzene rings is 1. The molecule has 1 fully saturated rings. The number of ether oxygens (including phenoxy) is 1. The highest BCUT2D eigenvalue weighted by molar-refractivity contribution is 6.30. The van der Waals surface area contributed by atoms with Gasteiger partial charge in [0.2, 0.25) is 0 Å². The average molecular weight is 286 g/mol. The van der Waals surface area contributed by atoms with Gasteiger partial charge >= 0.3 is 0 Å². The standard InChI is InChI=1S/C12H16ClNO.2C2H6/c1-9-6-10(13)8-12(7-9)14-11-2-4-15-5-3-11;2*1-2/h6-8,11,14H,2-5H2,1H3;2*1-2H3. The number of halogens is 1. The molecule has 1 saturated heterocycles. The van der Waals surface area contributed by atoms with Crippen molar-refractivity contribution in [3.8, 4) is 0 Å².